The van der Waals surface area contributed by atoms with E-state index in [9.17, 15) is 4.79 Å². The van der Waals surface area contributed by atoms with Crippen molar-refractivity contribution in [2.75, 3.05) is 0 Å². The minimum atomic E-state index is -2.23. The highest BCUT2D eigenvalue weighted by molar-refractivity contribution is 7.96. The zero-order chi connectivity index (χ0) is 23.7. The number of unbranched alkanes of at least 4 members (excludes halogenated alkanes) is 2. The third-order valence-electron chi connectivity index (χ3n) is 5.72. The molecule has 1 amide bonds. The van der Waals surface area contributed by atoms with Gasteiger partial charge in [-0.05, 0) is 63.6 Å². The standard InChI is InChI=1S/C29H36NO2P/c1-5-6-10-23-27(30-28(31)32-29(2,3)4)33(24-17-11-7-12-18-24,25-19-13-8-14-20-25)26-21-15-9-16-22-26/h7-9,11-22,27H,5-6,10,23H2,1-4H3/p+1. The lowest BCUT2D eigenvalue weighted by Crippen LogP contribution is -2.48. The van der Waals surface area contributed by atoms with Crippen LogP contribution in [0.1, 0.15) is 53.4 Å². The molecule has 0 saturated carbocycles. The molecule has 4 heteroatoms. The number of carbonyl (C=O) groups excluding carboxylic acids is 1. The molecule has 0 heterocycles. The van der Waals surface area contributed by atoms with Crippen molar-refractivity contribution in [3.05, 3.63) is 91.0 Å². The Morgan fingerprint density at radius 1 is 0.788 bits per heavy atom. The Morgan fingerprint density at radius 2 is 1.21 bits per heavy atom. The molecule has 0 aromatic heterocycles. The second-order valence-electron chi connectivity index (χ2n) is 9.39. The van der Waals surface area contributed by atoms with E-state index >= 15 is 0 Å². The summed E-state index contributed by atoms with van der Waals surface area (Å²) < 4.78 is 5.75. The minimum absolute atomic E-state index is 0.0777. The summed E-state index contributed by atoms with van der Waals surface area (Å²) in [6.45, 7) is 7.94. The molecule has 0 aliphatic heterocycles. The molecule has 1 atom stereocenters. The van der Waals surface area contributed by atoms with E-state index in [4.69, 9.17) is 4.74 Å². The van der Waals surface area contributed by atoms with E-state index in [0.29, 0.717) is 0 Å². The van der Waals surface area contributed by atoms with E-state index < -0.39 is 12.9 Å². The lowest BCUT2D eigenvalue weighted by molar-refractivity contribution is 0.0519. The Balaban J connectivity index is 2.24. The molecular formula is C29H37NO2P+. The molecule has 0 aliphatic carbocycles. The Kier molecular flexibility index (Phi) is 8.69. The van der Waals surface area contributed by atoms with Gasteiger partial charge in [0.2, 0.25) is 0 Å². The Bertz CT molecular complexity index is 888. The maximum absolute atomic E-state index is 13.1. The maximum Gasteiger partial charge on any atom is 0.410 e. The molecule has 3 nitrogen and oxygen atoms in total. The van der Waals surface area contributed by atoms with Gasteiger partial charge in [-0.2, -0.15) is 0 Å². The van der Waals surface area contributed by atoms with E-state index in [-0.39, 0.29) is 11.9 Å². The van der Waals surface area contributed by atoms with Gasteiger partial charge in [0.15, 0.2) is 5.78 Å². The van der Waals surface area contributed by atoms with Crippen molar-refractivity contribution in [1.82, 2.24) is 5.32 Å². The molecule has 33 heavy (non-hydrogen) atoms. The second kappa shape index (κ2) is 11.5. The number of rotatable bonds is 9. The van der Waals surface area contributed by atoms with Gasteiger partial charge in [-0.3, -0.25) is 5.32 Å². The van der Waals surface area contributed by atoms with Gasteiger partial charge in [0, 0.05) is 6.42 Å². The molecule has 0 spiro atoms. The number of ether oxygens (including phenoxy) is 1. The monoisotopic (exact) mass is 462 g/mol. The van der Waals surface area contributed by atoms with Crippen LogP contribution in [0.15, 0.2) is 91.0 Å². The van der Waals surface area contributed by atoms with Gasteiger partial charge in [-0.15, -0.1) is 0 Å². The van der Waals surface area contributed by atoms with Crippen LogP contribution in [0.2, 0.25) is 0 Å². The maximum atomic E-state index is 13.1. The molecule has 3 aromatic rings. The van der Waals surface area contributed by atoms with Gasteiger partial charge < -0.3 is 4.74 Å². The first-order valence-electron chi connectivity index (χ1n) is 11.9. The topological polar surface area (TPSA) is 38.3 Å². The zero-order valence-electron chi connectivity index (χ0n) is 20.3. The summed E-state index contributed by atoms with van der Waals surface area (Å²) in [6.07, 6.45) is 3.85. The number of alkyl carbamates (subject to hydrolysis) is 1. The number of carbonyl (C=O) groups is 1. The molecule has 3 rings (SSSR count). The van der Waals surface area contributed by atoms with E-state index in [2.05, 4.69) is 103 Å². The fourth-order valence-corrected chi connectivity index (χ4v) is 9.14. The highest BCUT2D eigenvalue weighted by Gasteiger charge is 2.53. The van der Waals surface area contributed by atoms with Crippen molar-refractivity contribution in [3.63, 3.8) is 0 Å². The Hall–Kier alpha value is -2.64. The molecule has 0 radical (unpaired) electrons. The van der Waals surface area contributed by atoms with Crippen LogP contribution in [0.25, 0.3) is 0 Å². The summed E-state index contributed by atoms with van der Waals surface area (Å²) in [5.74, 6) is -0.0777. The van der Waals surface area contributed by atoms with Gasteiger partial charge in [-0.25, -0.2) is 4.79 Å². The third-order valence-corrected chi connectivity index (χ3v) is 10.4. The first-order valence-corrected chi connectivity index (χ1v) is 13.8. The van der Waals surface area contributed by atoms with Crippen molar-refractivity contribution >= 4 is 29.3 Å². The summed E-state index contributed by atoms with van der Waals surface area (Å²) in [7, 11) is -2.23. The van der Waals surface area contributed by atoms with Crippen LogP contribution in [0.3, 0.4) is 0 Å². The summed E-state index contributed by atoms with van der Waals surface area (Å²) in [5, 5.41) is 7.15. The molecule has 3 aromatic carbocycles. The molecule has 0 saturated heterocycles. The highest BCUT2D eigenvalue weighted by Crippen LogP contribution is 2.60. The average Bonchev–Trinajstić information content (AvgIpc) is 2.80. The van der Waals surface area contributed by atoms with Gasteiger partial charge in [-0.1, -0.05) is 74.4 Å². The van der Waals surface area contributed by atoms with Crippen molar-refractivity contribution in [2.24, 2.45) is 0 Å². The van der Waals surface area contributed by atoms with Crippen LogP contribution in [0.5, 0.6) is 0 Å². The minimum Gasteiger partial charge on any atom is -0.444 e. The summed E-state index contributed by atoms with van der Waals surface area (Å²) in [6, 6.07) is 32.1. The van der Waals surface area contributed by atoms with E-state index in [0.717, 1.165) is 25.7 Å². The molecule has 0 bridgehead atoms. The molecule has 1 unspecified atom stereocenters. The second-order valence-corrected chi connectivity index (χ2v) is 13.0. The van der Waals surface area contributed by atoms with Gasteiger partial charge in [0.05, 0.1) is 0 Å². The SMILES string of the molecule is CCCCCC(NC(=O)OC(C)(C)C)[P+](c1ccccc1)(c1ccccc1)c1ccccc1. The van der Waals surface area contributed by atoms with Crippen LogP contribution >= 0.6 is 7.26 Å². The quantitative estimate of drug-likeness (QED) is 0.295. The van der Waals surface area contributed by atoms with Crippen molar-refractivity contribution in [3.8, 4) is 0 Å². The summed E-state index contributed by atoms with van der Waals surface area (Å²) >= 11 is 0. The third kappa shape index (κ3) is 6.24. The fourth-order valence-electron chi connectivity index (χ4n) is 4.37. The fraction of sp³-hybridized carbons (Fsp3) is 0.345. The van der Waals surface area contributed by atoms with Crippen LogP contribution in [-0.2, 0) is 4.74 Å². The van der Waals surface area contributed by atoms with Crippen molar-refractivity contribution in [2.45, 2.75) is 64.8 Å². The molecule has 0 fully saturated rings. The largest absolute Gasteiger partial charge is 0.444 e. The normalized spacial score (nSPS) is 12.7. The zero-order valence-corrected chi connectivity index (χ0v) is 21.2. The van der Waals surface area contributed by atoms with Crippen LogP contribution in [0.4, 0.5) is 4.79 Å². The Labute approximate surface area is 199 Å². The number of benzene rings is 3. The van der Waals surface area contributed by atoms with Gasteiger partial charge in [0.1, 0.15) is 28.8 Å². The number of hydrogen-bond donors (Lipinski definition) is 1. The molecule has 174 valence electrons. The van der Waals surface area contributed by atoms with Gasteiger partial charge in [0.25, 0.3) is 0 Å². The van der Waals surface area contributed by atoms with Crippen molar-refractivity contribution < 1.29 is 9.53 Å². The Morgan fingerprint density at radius 3 is 1.58 bits per heavy atom. The number of hydrogen-bond acceptors (Lipinski definition) is 2. The summed E-state index contributed by atoms with van der Waals surface area (Å²) in [5.41, 5.74) is -0.550. The van der Waals surface area contributed by atoms with E-state index in [1.165, 1.54) is 15.9 Å². The molecule has 0 aliphatic rings. The van der Waals surface area contributed by atoms with Crippen LogP contribution < -0.4 is 21.2 Å². The van der Waals surface area contributed by atoms with E-state index in [1.54, 1.807) is 0 Å². The lowest BCUT2D eigenvalue weighted by atomic mass is 10.2. The van der Waals surface area contributed by atoms with Gasteiger partial charge >= 0.3 is 6.09 Å². The number of amides is 1. The molecule has 1 N–H and O–H groups in total. The van der Waals surface area contributed by atoms with Crippen LogP contribution in [-0.4, -0.2) is 17.5 Å². The lowest BCUT2D eigenvalue weighted by Gasteiger charge is -2.35. The van der Waals surface area contributed by atoms with E-state index in [1.807, 2.05) is 20.8 Å². The van der Waals surface area contributed by atoms with Crippen LogP contribution in [0, 0.1) is 0 Å². The predicted molar refractivity (Wildman–Crippen MR) is 142 cm³/mol. The van der Waals surface area contributed by atoms with Crippen molar-refractivity contribution in [1.29, 1.82) is 0 Å². The first kappa shape index (κ1) is 25.0. The average molecular weight is 463 g/mol. The highest BCUT2D eigenvalue weighted by atomic mass is 31.2. The number of nitrogens with one attached hydrogen (secondary N) is 1. The summed E-state index contributed by atoms with van der Waals surface area (Å²) in [4.78, 5) is 13.1. The predicted octanol–water partition coefficient (Wildman–Crippen LogP) is 6.41. The smallest absolute Gasteiger partial charge is 0.410 e. The molecular weight excluding hydrogens is 425 g/mol. The first-order chi connectivity index (χ1) is 15.9.